The molecule has 67 heavy (non-hydrogen) atoms. The number of benzene rings is 10. The molecule has 0 saturated carbocycles. The van der Waals surface area contributed by atoms with E-state index in [-0.39, 0.29) is 5.56 Å². The highest BCUT2D eigenvalue weighted by molar-refractivity contribution is 6.24. The van der Waals surface area contributed by atoms with Gasteiger partial charge in [0.2, 0.25) is 0 Å². The van der Waals surface area contributed by atoms with E-state index in [9.17, 15) is 4.79 Å². The third-order valence-electron chi connectivity index (χ3n) is 15.2. The molecule has 1 spiro atoms. The van der Waals surface area contributed by atoms with E-state index in [0.717, 1.165) is 105 Å². The molecule has 2 aliphatic carbocycles. The van der Waals surface area contributed by atoms with Gasteiger partial charge in [-0.25, -0.2) is 0 Å². The smallest absolute Gasteiger partial charge is 0.263 e. The predicted molar refractivity (Wildman–Crippen MR) is 275 cm³/mol. The Morgan fingerprint density at radius 3 is 1.64 bits per heavy atom. The molecule has 1 N–H and O–H groups in total. The monoisotopic (exact) mass is 852 g/mol. The van der Waals surface area contributed by atoms with Crippen LogP contribution in [-0.2, 0) is 5.41 Å². The van der Waals surface area contributed by atoms with Gasteiger partial charge in [-0.1, -0.05) is 188 Å². The van der Waals surface area contributed by atoms with Crippen molar-refractivity contribution in [1.29, 1.82) is 0 Å². The Bertz CT molecular complexity index is 4370. The van der Waals surface area contributed by atoms with Crippen molar-refractivity contribution in [3.05, 3.63) is 244 Å². The van der Waals surface area contributed by atoms with Crippen LogP contribution >= 0.6 is 0 Å². The molecular formula is C63H36N2O2. The summed E-state index contributed by atoms with van der Waals surface area (Å²) >= 11 is 0. The van der Waals surface area contributed by atoms with Crippen LogP contribution in [0.5, 0.6) is 0 Å². The van der Waals surface area contributed by atoms with Crippen LogP contribution in [0, 0.1) is 0 Å². The Morgan fingerprint density at radius 1 is 0.373 bits per heavy atom. The van der Waals surface area contributed by atoms with Gasteiger partial charge in [-0.2, -0.15) is 0 Å². The van der Waals surface area contributed by atoms with Gasteiger partial charge >= 0.3 is 0 Å². The molecule has 0 fully saturated rings. The lowest BCUT2D eigenvalue weighted by atomic mass is 9.70. The SMILES string of the molecule is O=Cc1ccc(-c2ccccc2)cc1-c1cccc2c1[nH]c1c3c(ccc12)C1(c2ccccc2-3)c2ccccc2-c2c1ccc1c3cccc4c5cc(-c6ccccc6)ccc5c(=O)n(c21)c43. The van der Waals surface area contributed by atoms with E-state index >= 15 is 4.79 Å². The topological polar surface area (TPSA) is 54.3 Å². The minimum absolute atomic E-state index is 0.00463. The van der Waals surface area contributed by atoms with Gasteiger partial charge in [-0.05, 0) is 84.8 Å². The van der Waals surface area contributed by atoms with Crippen LogP contribution < -0.4 is 5.56 Å². The number of aromatic nitrogens is 2. The number of nitrogens with zero attached hydrogens (tertiary/aromatic N) is 1. The fourth-order valence-corrected chi connectivity index (χ4v) is 12.5. The van der Waals surface area contributed by atoms with Gasteiger partial charge in [0, 0.05) is 54.6 Å². The first-order valence-electron chi connectivity index (χ1n) is 22.9. The Morgan fingerprint density at radius 2 is 0.910 bits per heavy atom. The average molecular weight is 853 g/mol. The molecule has 0 saturated heterocycles. The summed E-state index contributed by atoms with van der Waals surface area (Å²) in [4.78, 5) is 32.0. The number of nitrogens with one attached hydrogen (secondary N) is 1. The van der Waals surface area contributed by atoms with Gasteiger partial charge in [-0.3, -0.25) is 14.0 Å². The minimum atomic E-state index is -0.658. The summed E-state index contributed by atoms with van der Waals surface area (Å²) < 4.78 is 2.03. The second-order valence-corrected chi connectivity index (χ2v) is 18.2. The number of rotatable bonds is 4. The van der Waals surface area contributed by atoms with E-state index < -0.39 is 5.41 Å². The van der Waals surface area contributed by atoms with Crippen molar-refractivity contribution in [3.8, 4) is 55.6 Å². The number of carbonyl (C=O) groups is 1. The molecule has 310 valence electrons. The summed E-state index contributed by atoms with van der Waals surface area (Å²) in [5, 5.41) is 7.13. The molecule has 15 rings (SSSR count). The number of hydrogen-bond acceptors (Lipinski definition) is 2. The van der Waals surface area contributed by atoms with Crippen LogP contribution in [0.3, 0.4) is 0 Å². The van der Waals surface area contributed by atoms with E-state index in [1.54, 1.807) is 0 Å². The molecule has 0 bridgehead atoms. The molecule has 1 unspecified atom stereocenters. The Hall–Kier alpha value is -8.86. The van der Waals surface area contributed by atoms with E-state index in [2.05, 4.69) is 169 Å². The molecule has 0 radical (unpaired) electrons. The second kappa shape index (κ2) is 13.1. The normalized spacial score (nSPS) is 14.7. The first-order chi connectivity index (χ1) is 33.1. The number of carbonyl (C=O) groups excluding carboxylic acids is 1. The standard InChI is InChI=1S/C63H36N2O2/c66-35-40-26-25-38(36-13-3-1-4-14-36)33-50(40)42-20-11-19-41-43-29-31-54-56(59(43)64-58(41)42)48-17-7-9-23-52(48)63(54)53-24-10-8-18-49(53)57-55(63)32-30-46-44-21-12-22-45-51-34-39(37-15-5-2-6-16-37)27-28-47(51)62(67)65(60(44)45)61(46)57/h1-35,64H. The zero-order chi connectivity index (χ0) is 44.1. The zero-order valence-corrected chi connectivity index (χ0v) is 36.0. The van der Waals surface area contributed by atoms with Crippen LogP contribution in [0.25, 0.3) is 115 Å². The third-order valence-corrected chi connectivity index (χ3v) is 15.2. The highest BCUT2D eigenvalue weighted by Crippen LogP contribution is 2.65. The summed E-state index contributed by atoms with van der Waals surface area (Å²) in [5.41, 5.74) is 19.6. The summed E-state index contributed by atoms with van der Waals surface area (Å²) in [6, 6.07) is 73.0. The van der Waals surface area contributed by atoms with Crippen LogP contribution in [0.1, 0.15) is 32.6 Å². The van der Waals surface area contributed by atoms with Gasteiger partial charge in [0.15, 0.2) is 6.29 Å². The van der Waals surface area contributed by atoms with Crippen LogP contribution in [0.4, 0.5) is 0 Å². The number of fused-ring (bicyclic) bond motifs is 20. The Labute approximate surface area is 384 Å². The second-order valence-electron chi connectivity index (χ2n) is 18.2. The Kier molecular flexibility index (Phi) is 7.15. The van der Waals surface area contributed by atoms with Crippen LogP contribution in [0.2, 0.25) is 0 Å². The largest absolute Gasteiger partial charge is 0.353 e. The van der Waals surface area contributed by atoms with Gasteiger partial charge in [-0.15, -0.1) is 0 Å². The molecule has 3 heterocycles. The maximum Gasteiger partial charge on any atom is 0.263 e. The molecule has 13 aromatic rings. The molecule has 4 nitrogen and oxygen atoms in total. The molecule has 1 atom stereocenters. The predicted octanol–water partition coefficient (Wildman–Crippen LogP) is 15.0. The summed E-state index contributed by atoms with van der Waals surface area (Å²) in [6.45, 7) is 0. The highest BCUT2D eigenvalue weighted by atomic mass is 16.1. The van der Waals surface area contributed by atoms with Gasteiger partial charge in [0.05, 0.1) is 27.5 Å². The number of para-hydroxylation sites is 2. The lowest BCUT2D eigenvalue weighted by Gasteiger charge is -2.30. The van der Waals surface area contributed by atoms with E-state index in [1.807, 2.05) is 46.9 Å². The molecule has 10 aromatic carbocycles. The van der Waals surface area contributed by atoms with Crippen LogP contribution in [0.15, 0.2) is 211 Å². The summed E-state index contributed by atoms with van der Waals surface area (Å²) in [6.07, 6.45) is 0.965. The third kappa shape index (κ3) is 4.56. The van der Waals surface area contributed by atoms with Crippen molar-refractivity contribution in [1.82, 2.24) is 9.38 Å². The fraction of sp³-hybridized carbons (Fsp3) is 0.0159. The molecule has 4 heteroatoms. The maximum atomic E-state index is 15.3. The molecule has 0 amide bonds. The Balaban J connectivity index is 1.02. The highest BCUT2D eigenvalue weighted by Gasteiger charge is 2.53. The van der Waals surface area contributed by atoms with Crippen molar-refractivity contribution < 1.29 is 4.79 Å². The first kappa shape index (κ1) is 36.5. The molecule has 2 aliphatic rings. The van der Waals surface area contributed by atoms with Crippen molar-refractivity contribution in [2.45, 2.75) is 5.41 Å². The van der Waals surface area contributed by atoms with E-state index in [0.29, 0.717) is 10.9 Å². The quantitative estimate of drug-likeness (QED) is 0.142. The fourth-order valence-electron chi connectivity index (χ4n) is 12.5. The average Bonchev–Trinajstić information content (AvgIpc) is 4.12. The van der Waals surface area contributed by atoms with Crippen LogP contribution in [-0.4, -0.2) is 15.7 Å². The summed E-state index contributed by atoms with van der Waals surface area (Å²) in [5.74, 6) is 0. The summed E-state index contributed by atoms with van der Waals surface area (Å²) in [7, 11) is 0. The van der Waals surface area contributed by atoms with Crippen molar-refractivity contribution in [3.63, 3.8) is 0 Å². The lowest BCUT2D eigenvalue weighted by Crippen LogP contribution is -2.25. The maximum absolute atomic E-state index is 15.3. The minimum Gasteiger partial charge on any atom is -0.353 e. The number of H-pyrrole nitrogens is 1. The molecule has 0 aliphatic heterocycles. The van der Waals surface area contributed by atoms with Gasteiger partial charge < -0.3 is 4.98 Å². The van der Waals surface area contributed by atoms with E-state index in [1.165, 1.54) is 33.4 Å². The first-order valence-corrected chi connectivity index (χ1v) is 22.9. The number of aromatic amines is 1. The zero-order valence-electron chi connectivity index (χ0n) is 36.0. The van der Waals surface area contributed by atoms with Crippen molar-refractivity contribution >= 4 is 66.1 Å². The van der Waals surface area contributed by atoms with Crippen molar-refractivity contribution in [2.24, 2.45) is 0 Å². The van der Waals surface area contributed by atoms with Gasteiger partial charge in [0.25, 0.3) is 5.56 Å². The van der Waals surface area contributed by atoms with E-state index in [4.69, 9.17) is 0 Å². The number of aldehydes is 1. The lowest BCUT2D eigenvalue weighted by molar-refractivity contribution is 0.112. The number of pyridine rings is 1. The van der Waals surface area contributed by atoms with Crippen molar-refractivity contribution in [2.75, 3.05) is 0 Å². The number of hydrogen-bond donors (Lipinski definition) is 1. The van der Waals surface area contributed by atoms with Gasteiger partial charge in [0.1, 0.15) is 0 Å². The molecular weight excluding hydrogens is 817 g/mol. The molecule has 3 aromatic heterocycles.